The van der Waals surface area contributed by atoms with Crippen LogP contribution in [0.4, 0.5) is 5.69 Å². The second kappa shape index (κ2) is 14.3. The topological polar surface area (TPSA) is 79.8 Å². The van der Waals surface area contributed by atoms with Gasteiger partial charge in [-0.15, -0.1) is 0 Å². The number of ether oxygens (including phenoxy) is 2. The van der Waals surface area contributed by atoms with Crippen molar-refractivity contribution < 1.29 is 19.4 Å². The van der Waals surface area contributed by atoms with Crippen LogP contribution in [0.1, 0.15) is 31.2 Å². The molecule has 180 valence electrons. The Morgan fingerprint density at radius 3 is 2.38 bits per heavy atom. The molecule has 3 aromatic carbocycles. The second-order valence-corrected chi connectivity index (χ2v) is 8.26. The smallest absolute Gasteiger partial charge is 0.238 e. The number of carbonyl (C=O) groups excluding carboxylic acids is 1. The van der Waals surface area contributed by atoms with Crippen molar-refractivity contribution in [3.05, 3.63) is 83.4 Å². The summed E-state index contributed by atoms with van der Waals surface area (Å²) in [7, 11) is 0. The first-order valence-corrected chi connectivity index (χ1v) is 11.9. The van der Waals surface area contributed by atoms with Gasteiger partial charge in [0.25, 0.3) is 0 Å². The van der Waals surface area contributed by atoms with Crippen molar-refractivity contribution in [1.82, 2.24) is 5.32 Å². The molecular weight excluding hydrogens is 452 g/mol. The Labute approximate surface area is 205 Å². The molecule has 0 heterocycles. The number of aliphatic hydroxyl groups is 1. The fourth-order valence-corrected chi connectivity index (χ4v) is 3.48. The minimum atomic E-state index is -0.184. The van der Waals surface area contributed by atoms with Gasteiger partial charge in [0.05, 0.1) is 12.2 Å². The van der Waals surface area contributed by atoms with E-state index in [1.165, 1.54) is 0 Å². The van der Waals surface area contributed by atoms with E-state index in [1.807, 2.05) is 54.6 Å². The molecule has 0 spiro atoms. The quantitative estimate of drug-likeness (QED) is 0.253. The zero-order valence-corrected chi connectivity index (χ0v) is 19.9. The lowest BCUT2D eigenvalue weighted by molar-refractivity contribution is -0.115. The van der Waals surface area contributed by atoms with Crippen LogP contribution < -0.4 is 20.1 Å². The lowest BCUT2D eigenvalue weighted by Gasteiger charge is -2.16. The van der Waals surface area contributed by atoms with Crippen LogP contribution in [-0.4, -0.2) is 30.7 Å². The predicted octanol–water partition coefficient (Wildman–Crippen LogP) is 5.79. The van der Waals surface area contributed by atoms with Gasteiger partial charge in [-0.3, -0.25) is 4.79 Å². The molecule has 3 N–H and O–H groups in total. The van der Waals surface area contributed by atoms with Gasteiger partial charge in [-0.25, -0.2) is 0 Å². The standard InChI is InChI=1S/C27H31ClN2O4/c28-22-14-15-24(23(18-22)30-27(32)19-29-16-8-1-2-9-17-31)34-26-13-7-6-12-25(26)33-20-21-10-4-3-5-11-21/h3-7,10-15,18,29,31H,1-2,8-9,16-17,19-20H2,(H,30,32). The van der Waals surface area contributed by atoms with Gasteiger partial charge in [0, 0.05) is 11.6 Å². The maximum Gasteiger partial charge on any atom is 0.238 e. The van der Waals surface area contributed by atoms with Crippen LogP contribution in [0.5, 0.6) is 17.2 Å². The zero-order chi connectivity index (χ0) is 24.0. The molecule has 0 radical (unpaired) electrons. The molecule has 3 rings (SSSR count). The normalized spacial score (nSPS) is 10.6. The molecule has 1 amide bonds. The van der Waals surface area contributed by atoms with Crippen molar-refractivity contribution in [1.29, 1.82) is 0 Å². The average Bonchev–Trinajstić information content (AvgIpc) is 2.85. The lowest BCUT2D eigenvalue weighted by atomic mass is 10.2. The molecule has 0 unspecified atom stereocenters. The maximum absolute atomic E-state index is 12.5. The first-order chi connectivity index (χ1) is 16.7. The van der Waals surface area contributed by atoms with Crippen LogP contribution in [0.2, 0.25) is 5.02 Å². The van der Waals surface area contributed by atoms with Crippen LogP contribution in [-0.2, 0) is 11.4 Å². The Morgan fingerprint density at radius 1 is 0.853 bits per heavy atom. The summed E-state index contributed by atoms with van der Waals surface area (Å²) in [6, 6.07) is 22.4. The van der Waals surface area contributed by atoms with Crippen molar-refractivity contribution in [2.75, 3.05) is 25.0 Å². The second-order valence-electron chi connectivity index (χ2n) is 7.83. The molecule has 0 aliphatic carbocycles. The number of anilines is 1. The van der Waals surface area contributed by atoms with Crippen molar-refractivity contribution in [3.63, 3.8) is 0 Å². The van der Waals surface area contributed by atoms with Gasteiger partial charge in [-0.1, -0.05) is 66.9 Å². The molecule has 6 nitrogen and oxygen atoms in total. The molecule has 0 aliphatic heterocycles. The SMILES string of the molecule is O=C(CNCCCCCCO)Nc1cc(Cl)ccc1Oc1ccccc1OCc1ccccc1. The summed E-state index contributed by atoms with van der Waals surface area (Å²) >= 11 is 6.17. The maximum atomic E-state index is 12.5. The fourth-order valence-electron chi connectivity index (χ4n) is 3.31. The summed E-state index contributed by atoms with van der Waals surface area (Å²) in [5.74, 6) is 1.42. The van der Waals surface area contributed by atoms with E-state index in [2.05, 4.69) is 10.6 Å². The number of carbonyl (C=O) groups is 1. The number of hydrogen-bond acceptors (Lipinski definition) is 5. The third-order valence-electron chi connectivity index (χ3n) is 5.07. The van der Waals surface area contributed by atoms with Gasteiger partial charge in [-0.2, -0.15) is 0 Å². The predicted molar refractivity (Wildman–Crippen MR) is 136 cm³/mol. The van der Waals surface area contributed by atoms with Gasteiger partial charge < -0.3 is 25.2 Å². The highest BCUT2D eigenvalue weighted by Gasteiger charge is 2.13. The van der Waals surface area contributed by atoms with E-state index >= 15 is 0 Å². The summed E-state index contributed by atoms with van der Waals surface area (Å²) in [6.45, 7) is 1.56. The Morgan fingerprint density at radius 2 is 1.59 bits per heavy atom. The lowest BCUT2D eigenvalue weighted by Crippen LogP contribution is -2.28. The summed E-state index contributed by atoms with van der Waals surface area (Å²) < 4.78 is 12.1. The molecule has 34 heavy (non-hydrogen) atoms. The molecule has 0 aromatic heterocycles. The number of aliphatic hydroxyl groups excluding tert-OH is 1. The largest absolute Gasteiger partial charge is 0.485 e. The number of amides is 1. The summed E-state index contributed by atoms with van der Waals surface area (Å²) in [5, 5.41) is 15.3. The van der Waals surface area contributed by atoms with E-state index in [4.69, 9.17) is 26.2 Å². The van der Waals surface area contributed by atoms with Crippen LogP contribution in [0.15, 0.2) is 72.8 Å². The van der Waals surface area contributed by atoms with Gasteiger partial charge in [-0.05, 0) is 55.3 Å². The van der Waals surface area contributed by atoms with Crippen LogP contribution in [0, 0.1) is 0 Å². The Kier molecular flexibility index (Phi) is 10.7. The highest BCUT2D eigenvalue weighted by Crippen LogP contribution is 2.36. The van der Waals surface area contributed by atoms with Crippen molar-refractivity contribution in [2.45, 2.75) is 32.3 Å². The third-order valence-corrected chi connectivity index (χ3v) is 5.30. The third kappa shape index (κ3) is 8.71. The van der Waals surface area contributed by atoms with Gasteiger partial charge >= 0.3 is 0 Å². The Bertz CT molecular complexity index is 1030. The van der Waals surface area contributed by atoms with Crippen LogP contribution >= 0.6 is 11.6 Å². The average molecular weight is 483 g/mol. The minimum absolute atomic E-state index is 0.183. The monoisotopic (exact) mass is 482 g/mol. The van der Waals surface area contributed by atoms with E-state index < -0.39 is 0 Å². The number of rotatable bonds is 14. The van der Waals surface area contributed by atoms with Crippen molar-refractivity contribution >= 4 is 23.2 Å². The highest BCUT2D eigenvalue weighted by molar-refractivity contribution is 6.31. The van der Waals surface area contributed by atoms with Gasteiger partial charge in [0.15, 0.2) is 17.2 Å². The number of para-hydroxylation sites is 2. The summed E-state index contributed by atoms with van der Waals surface area (Å²) in [6.07, 6.45) is 3.79. The van der Waals surface area contributed by atoms with Crippen molar-refractivity contribution in [2.24, 2.45) is 0 Å². The summed E-state index contributed by atoms with van der Waals surface area (Å²) in [4.78, 5) is 12.5. The molecule has 3 aromatic rings. The summed E-state index contributed by atoms with van der Waals surface area (Å²) in [5.41, 5.74) is 1.54. The van der Waals surface area contributed by atoms with E-state index in [0.29, 0.717) is 34.6 Å². The molecular formula is C27H31ClN2O4. The Balaban J connectivity index is 1.59. The Hall–Kier alpha value is -3.06. The molecule has 0 atom stereocenters. The number of benzene rings is 3. The fraction of sp³-hybridized carbons (Fsp3) is 0.296. The number of nitrogens with one attached hydrogen (secondary N) is 2. The number of unbranched alkanes of at least 4 members (excludes halogenated alkanes) is 3. The molecule has 0 bridgehead atoms. The van der Waals surface area contributed by atoms with Crippen LogP contribution in [0.25, 0.3) is 0 Å². The molecule has 0 aliphatic rings. The van der Waals surface area contributed by atoms with E-state index in [-0.39, 0.29) is 19.1 Å². The van der Waals surface area contributed by atoms with Gasteiger partial charge in [0.2, 0.25) is 5.91 Å². The first kappa shape index (κ1) is 25.6. The van der Waals surface area contributed by atoms with E-state index in [1.54, 1.807) is 18.2 Å². The van der Waals surface area contributed by atoms with E-state index in [9.17, 15) is 4.79 Å². The minimum Gasteiger partial charge on any atom is -0.485 e. The molecule has 0 fully saturated rings. The highest BCUT2D eigenvalue weighted by atomic mass is 35.5. The van der Waals surface area contributed by atoms with Crippen LogP contribution in [0.3, 0.4) is 0 Å². The zero-order valence-electron chi connectivity index (χ0n) is 19.1. The molecule has 7 heteroatoms. The van der Waals surface area contributed by atoms with Crippen molar-refractivity contribution in [3.8, 4) is 17.2 Å². The number of halogens is 1. The number of hydrogen-bond donors (Lipinski definition) is 3. The van der Waals surface area contributed by atoms with E-state index in [0.717, 1.165) is 37.8 Å². The molecule has 0 saturated heterocycles. The first-order valence-electron chi connectivity index (χ1n) is 11.5. The van der Waals surface area contributed by atoms with Gasteiger partial charge in [0.1, 0.15) is 6.61 Å². The molecule has 0 saturated carbocycles.